The molecule has 2 N–H and O–H groups in total. The maximum Gasteiger partial charge on any atom is 0.225 e. The van der Waals surface area contributed by atoms with Crippen LogP contribution in [0.2, 0.25) is 0 Å². The zero-order chi connectivity index (χ0) is 9.40. The van der Waals surface area contributed by atoms with Gasteiger partial charge < -0.3 is 10.3 Å². The molecule has 0 saturated carbocycles. The van der Waals surface area contributed by atoms with Gasteiger partial charge in [-0.1, -0.05) is 30.3 Å². The van der Waals surface area contributed by atoms with Gasteiger partial charge in [0, 0.05) is 5.56 Å². The summed E-state index contributed by atoms with van der Waals surface area (Å²) in [6.45, 7) is 2.00. The first-order valence-electron chi connectivity index (χ1n) is 3.18. The molecule has 13 heavy (non-hydrogen) atoms. The van der Waals surface area contributed by atoms with Crippen LogP contribution in [-0.4, -0.2) is 24.3 Å². The zero-order valence-corrected chi connectivity index (χ0v) is 6.90. The van der Waals surface area contributed by atoms with Crippen LogP contribution in [0.15, 0.2) is 30.3 Å². The van der Waals surface area contributed by atoms with Crippen molar-refractivity contribution in [1.29, 1.82) is 0 Å². The van der Waals surface area contributed by atoms with Gasteiger partial charge in [0.15, 0.2) is 6.29 Å². The second kappa shape index (κ2) is 8.29. The van der Waals surface area contributed by atoms with E-state index in [1.807, 2.05) is 6.79 Å². The summed E-state index contributed by atoms with van der Waals surface area (Å²) in [5, 5.41) is 0. The summed E-state index contributed by atoms with van der Waals surface area (Å²) in [5.41, 5.74) is 0.442. The molecule has 0 fully saturated rings. The number of rotatable bonds is 2. The molecule has 0 aliphatic carbocycles. The predicted octanol–water partition coefficient (Wildman–Crippen LogP) is 0.0586. The Morgan fingerprint density at radius 3 is 2.00 bits per heavy atom. The largest absolute Gasteiger partial charge is 0.412 e. The van der Waals surface area contributed by atoms with Crippen molar-refractivity contribution in [2.75, 3.05) is 0 Å². The van der Waals surface area contributed by atoms with Crippen LogP contribution in [0.5, 0.6) is 0 Å². The van der Waals surface area contributed by atoms with Crippen molar-refractivity contribution in [2.45, 2.75) is 0 Å². The first-order chi connectivity index (χ1) is 5.84. The summed E-state index contributed by atoms with van der Waals surface area (Å²) in [7, 11) is 0. The highest BCUT2D eigenvalue weighted by Gasteiger charge is 1.99. The first-order valence-corrected chi connectivity index (χ1v) is 3.18. The number of carbonyl (C=O) groups is 3. The Labute approximate surface area is 75.5 Å². The standard InChI is InChI=1S/C8H6O2.CH2O.H2O/c9-6-8(10)7-4-2-1-3-5-7;1-2;/h1-6H;1H2;1H2. The van der Waals surface area contributed by atoms with Crippen LogP contribution in [0.4, 0.5) is 0 Å². The molecular formula is C9H10O4. The van der Waals surface area contributed by atoms with Crippen LogP contribution < -0.4 is 0 Å². The van der Waals surface area contributed by atoms with Gasteiger partial charge in [-0.25, -0.2) is 0 Å². The van der Waals surface area contributed by atoms with Gasteiger partial charge in [0.05, 0.1) is 0 Å². The molecule has 70 valence electrons. The third-order valence-electron chi connectivity index (χ3n) is 1.17. The summed E-state index contributed by atoms with van der Waals surface area (Å²) in [6.07, 6.45) is 0.315. The minimum Gasteiger partial charge on any atom is -0.412 e. The maximum absolute atomic E-state index is 10.6. The average Bonchev–Trinajstić information content (AvgIpc) is 2.21. The lowest BCUT2D eigenvalue weighted by molar-refractivity contribution is -0.104. The van der Waals surface area contributed by atoms with E-state index in [4.69, 9.17) is 4.79 Å². The highest BCUT2D eigenvalue weighted by molar-refractivity contribution is 6.33. The Balaban J connectivity index is 0. The summed E-state index contributed by atoms with van der Waals surface area (Å²) in [5.74, 6) is -0.472. The molecule has 1 aromatic carbocycles. The summed E-state index contributed by atoms with van der Waals surface area (Å²) >= 11 is 0. The lowest BCUT2D eigenvalue weighted by Gasteiger charge is -1.88. The average molecular weight is 182 g/mol. The second-order valence-corrected chi connectivity index (χ2v) is 1.85. The van der Waals surface area contributed by atoms with Gasteiger partial charge in [-0.15, -0.1) is 0 Å². The van der Waals surface area contributed by atoms with Gasteiger partial charge in [-0.3, -0.25) is 9.59 Å². The predicted molar refractivity (Wildman–Crippen MR) is 47.6 cm³/mol. The minimum atomic E-state index is -0.472. The summed E-state index contributed by atoms with van der Waals surface area (Å²) in [6, 6.07) is 8.45. The van der Waals surface area contributed by atoms with Gasteiger partial charge in [0.2, 0.25) is 5.78 Å². The molecule has 0 aliphatic heterocycles. The van der Waals surface area contributed by atoms with Crippen LogP contribution in [0.25, 0.3) is 0 Å². The van der Waals surface area contributed by atoms with Gasteiger partial charge in [-0.05, 0) is 0 Å². The van der Waals surface area contributed by atoms with E-state index in [1.54, 1.807) is 30.3 Å². The topological polar surface area (TPSA) is 82.7 Å². The molecule has 1 aromatic rings. The molecule has 0 heterocycles. The van der Waals surface area contributed by atoms with Crippen molar-refractivity contribution < 1.29 is 19.9 Å². The smallest absolute Gasteiger partial charge is 0.225 e. The van der Waals surface area contributed by atoms with Gasteiger partial charge >= 0.3 is 0 Å². The second-order valence-electron chi connectivity index (χ2n) is 1.85. The van der Waals surface area contributed by atoms with Crippen molar-refractivity contribution in [3.8, 4) is 0 Å². The van der Waals surface area contributed by atoms with Crippen LogP contribution in [0, 0.1) is 0 Å². The number of benzene rings is 1. The number of aldehydes is 1. The fourth-order valence-corrected chi connectivity index (χ4v) is 0.670. The van der Waals surface area contributed by atoms with Crippen molar-refractivity contribution in [3.63, 3.8) is 0 Å². The fraction of sp³-hybridized carbons (Fsp3) is 0. The van der Waals surface area contributed by atoms with E-state index < -0.39 is 5.78 Å². The van der Waals surface area contributed by atoms with Gasteiger partial charge in [0.25, 0.3) is 0 Å². The number of hydrogen-bond acceptors (Lipinski definition) is 3. The van der Waals surface area contributed by atoms with E-state index in [9.17, 15) is 9.59 Å². The Morgan fingerprint density at radius 2 is 1.62 bits per heavy atom. The Morgan fingerprint density at radius 1 is 1.15 bits per heavy atom. The molecule has 4 heteroatoms. The highest BCUT2D eigenvalue weighted by atomic mass is 16.2. The third-order valence-corrected chi connectivity index (χ3v) is 1.17. The van der Waals surface area contributed by atoms with E-state index in [-0.39, 0.29) is 5.48 Å². The van der Waals surface area contributed by atoms with Crippen LogP contribution in [0.1, 0.15) is 10.4 Å². The molecule has 0 unspecified atom stereocenters. The van der Waals surface area contributed by atoms with Crippen LogP contribution in [-0.2, 0) is 9.59 Å². The van der Waals surface area contributed by atoms with E-state index in [2.05, 4.69) is 0 Å². The molecule has 0 aliphatic rings. The quantitative estimate of drug-likeness (QED) is 0.368. The Hall–Kier alpha value is -1.81. The normalized spacial score (nSPS) is 7.08. The van der Waals surface area contributed by atoms with Crippen molar-refractivity contribution in [1.82, 2.24) is 0 Å². The molecule has 4 nitrogen and oxygen atoms in total. The van der Waals surface area contributed by atoms with E-state index in [1.165, 1.54) is 0 Å². The first kappa shape index (κ1) is 13.8. The SMILES string of the molecule is C=O.O.O=CC(=O)c1ccccc1. The third kappa shape index (κ3) is 4.60. The number of carbonyl (C=O) groups excluding carboxylic acids is 3. The molecule has 0 radical (unpaired) electrons. The molecule has 0 atom stereocenters. The Kier molecular flexibility index (Phi) is 8.77. The number of hydrogen-bond donors (Lipinski definition) is 0. The molecular weight excluding hydrogens is 172 g/mol. The molecule has 0 amide bonds. The molecule has 0 aromatic heterocycles. The van der Waals surface area contributed by atoms with Gasteiger partial charge in [0.1, 0.15) is 6.79 Å². The summed E-state index contributed by atoms with van der Waals surface area (Å²) < 4.78 is 0. The number of ketones is 1. The van der Waals surface area contributed by atoms with E-state index in [0.717, 1.165) is 0 Å². The molecule has 0 saturated heterocycles. The van der Waals surface area contributed by atoms with Gasteiger partial charge in [-0.2, -0.15) is 0 Å². The maximum atomic E-state index is 10.6. The van der Waals surface area contributed by atoms with Crippen molar-refractivity contribution in [3.05, 3.63) is 35.9 Å². The molecule has 0 bridgehead atoms. The molecule has 1 rings (SSSR count). The molecule has 0 spiro atoms. The van der Waals surface area contributed by atoms with Crippen molar-refractivity contribution in [2.24, 2.45) is 0 Å². The number of Topliss-reactive ketones (excluding diaryl/α,β-unsaturated/α-hetero) is 1. The van der Waals surface area contributed by atoms with E-state index in [0.29, 0.717) is 11.8 Å². The van der Waals surface area contributed by atoms with E-state index >= 15 is 0 Å². The van der Waals surface area contributed by atoms with Crippen molar-refractivity contribution >= 4 is 18.9 Å². The van der Waals surface area contributed by atoms with Crippen LogP contribution >= 0.6 is 0 Å². The lowest BCUT2D eigenvalue weighted by Crippen LogP contribution is -1.97. The Bertz CT molecular complexity index is 256. The summed E-state index contributed by atoms with van der Waals surface area (Å²) in [4.78, 5) is 28.6. The lowest BCUT2D eigenvalue weighted by atomic mass is 10.1. The highest BCUT2D eigenvalue weighted by Crippen LogP contribution is 1.96. The fourth-order valence-electron chi connectivity index (χ4n) is 0.670. The minimum absolute atomic E-state index is 0. The monoisotopic (exact) mass is 182 g/mol. The zero-order valence-electron chi connectivity index (χ0n) is 6.90. The van der Waals surface area contributed by atoms with Crippen LogP contribution in [0.3, 0.4) is 0 Å².